The Morgan fingerprint density at radius 3 is 0.667 bits per heavy atom. The zero-order valence-electron chi connectivity index (χ0n) is 29.2. The Bertz CT molecular complexity index is 576. The van der Waals surface area contributed by atoms with E-state index in [1.807, 2.05) is 12.2 Å². The van der Waals surface area contributed by atoms with Crippen LogP contribution < -0.4 is 0 Å². The first-order valence-corrected chi connectivity index (χ1v) is 19.5. The summed E-state index contributed by atoms with van der Waals surface area (Å²) in [5, 5.41) is 0. The second kappa shape index (κ2) is 39.9. The average Bonchev–Trinajstić information content (AvgIpc) is 3.00. The Labute approximate surface area is 267 Å². The molecule has 42 heavy (non-hydrogen) atoms. The highest BCUT2D eigenvalue weighted by molar-refractivity contribution is 5.24. The molecule has 0 unspecified atom stereocenters. The second-order valence-electron chi connectivity index (χ2n) is 13.1. The molecule has 0 N–H and O–H groups in total. The van der Waals surface area contributed by atoms with E-state index in [1.54, 1.807) is 0 Å². The standard InChI is InChI=1S/C42H76/c1-3-5-7-9-11-13-15-17-19-21-23-25-27-29-31-33-35-37-39-41-42-40-38-36-34-32-30-28-26-24-22-20-18-16-14-12-10-8-6-4-2/h41-42H,3-36H2,1-2H3/b42-41-. The maximum absolute atomic E-state index is 3.29. The molecule has 0 heteroatoms. The summed E-state index contributed by atoms with van der Waals surface area (Å²) >= 11 is 0. The number of unbranched alkanes of at least 4 members (excludes halogenated alkanes) is 32. The number of hydrogen-bond acceptors (Lipinski definition) is 0. The monoisotopic (exact) mass is 581 g/mol. The van der Waals surface area contributed by atoms with Crippen molar-refractivity contribution in [1.29, 1.82) is 0 Å². The fourth-order valence-electron chi connectivity index (χ4n) is 5.87. The lowest BCUT2D eigenvalue weighted by Gasteiger charge is -2.03. The summed E-state index contributed by atoms with van der Waals surface area (Å²) in [5.41, 5.74) is 0. The largest absolute Gasteiger partial charge is 0.0985 e. The molecule has 0 amide bonds. The van der Waals surface area contributed by atoms with Crippen molar-refractivity contribution in [3.8, 4) is 23.7 Å². The summed E-state index contributed by atoms with van der Waals surface area (Å²) in [6.45, 7) is 4.60. The molecule has 0 radical (unpaired) electrons. The minimum absolute atomic E-state index is 1.04. The molecule has 0 rings (SSSR count). The van der Waals surface area contributed by atoms with Crippen molar-refractivity contribution in [1.82, 2.24) is 0 Å². The lowest BCUT2D eigenvalue weighted by Crippen LogP contribution is -1.83. The molecule has 0 heterocycles. The molecular formula is C42H76. The maximum atomic E-state index is 3.29. The van der Waals surface area contributed by atoms with Gasteiger partial charge in [0.25, 0.3) is 0 Å². The molecule has 0 spiro atoms. The summed E-state index contributed by atoms with van der Waals surface area (Å²) in [4.78, 5) is 0. The van der Waals surface area contributed by atoms with Gasteiger partial charge in [-0.1, -0.05) is 230 Å². The van der Waals surface area contributed by atoms with E-state index in [0.29, 0.717) is 0 Å². The van der Waals surface area contributed by atoms with Crippen LogP contribution in [0, 0.1) is 23.7 Å². The Balaban J connectivity index is 3.25. The van der Waals surface area contributed by atoms with E-state index in [-0.39, 0.29) is 0 Å². The first kappa shape index (κ1) is 40.9. The summed E-state index contributed by atoms with van der Waals surface area (Å²) in [6, 6.07) is 0. The normalized spacial score (nSPS) is 11.0. The van der Waals surface area contributed by atoms with Gasteiger partial charge < -0.3 is 0 Å². The van der Waals surface area contributed by atoms with Crippen molar-refractivity contribution in [2.75, 3.05) is 0 Å². The molecule has 0 atom stereocenters. The summed E-state index contributed by atoms with van der Waals surface area (Å²) in [5.74, 6) is 12.9. The Kier molecular flexibility index (Phi) is 38.8. The van der Waals surface area contributed by atoms with Gasteiger partial charge in [-0.3, -0.25) is 0 Å². The lowest BCUT2D eigenvalue weighted by molar-refractivity contribution is 0.530. The zero-order valence-corrected chi connectivity index (χ0v) is 29.2. The summed E-state index contributed by atoms with van der Waals surface area (Å²) in [7, 11) is 0. The summed E-state index contributed by atoms with van der Waals surface area (Å²) in [6.07, 6.45) is 51.5. The van der Waals surface area contributed by atoms with Gasteiger partial charge in [-0.25, -0.2) is 0 Å². The molecule has 0 saturated heterocycles. The molecule has 0 bridgehead atoms. The SMILES string of the molecule is CCCCCCCCCCCCCCCCCCC#C/C=C\C#CCCCCCCCCCCCCCCCCCC. The molecule has 0 fully saturated rings. The molecule has 0 aromatic rings. The molecule has 0 aliphatic rings. The van der Waals surface area contributed by atoms with Crippen LogP contribution in [-0.2, 0) is 0 Å². The maximum Gasteiger partial charge on any atom is 0.00922 e. The van der Waals surface area contributed by atoms with E-state index in [0.717, 1.165) is 12.8 Å². The van der Waals surface area contributed by atoms with Crippen molar-refractivity contribution < 1.29 is 0 Å². The van der Waals surface area contributed by atoms with Gasteiger partial charge in [0, 0.05) is 12.8 Å². The molecule has 0 nitrogen and oxygen atoms in total. The molecular weight excluding hydrogens is 504 g/mol. The summed E-state index contributed by atoms with van der Waals surface area (Å²) < 4.78 is 0. The van der Waals surface area contributed by atoms with Gasteiger partial charge in [0.15, 0.2) is 0 Å². The number of rotatable bonds is 32. The minimum atomic E-state index is 1.04. The van der Waals surface area contributed by atoms with Gasteiger partial charge in [-0.05, 0) is 25.0 Å². The molecule has 0 aliphatic carbocycles. The van der Waals surface area contributed by atoms with Gasteiger partial charge in [-0.15, -0.1) is 0 Å². The Morgan fingerprint density at radius 2 is 0.452 bits per heavy atom. The third-order valence-electron chi connectivity index (χ3n) is 8.76. The Hall–Kier alpha value is -1.14. The quantitative estimate of drug-likeness (QED) is 0.0548. The van der Waals surface area contributed by atoms with Gasteiger partial charge in [0.1, 0.15) is 0 Å². The third kappa shape index (κ3) is 38.9. The van der Waals surface area contributed by atoms with E-state index in [2.05, 4.69) is 37.5 Å². The topological polar surface area (TPSA) is 0 Å². The Morgan fingerprint density at radius 1 is 0.262 bits per heavy atom. The first-order chi connectivity index (χ1) is 20.9. The fraction of sp³-hybridized carbons (Fsp3) is 0.857. The molecule has 0 saturated carbocycles. The van der Waals surface area contributed by atoms with Crippen LogP contribution in [0.25, 0.3) is 0 Å². The van der Waals surface area contributed by atoms with Gasteiger partial charge >= 0.3 is 0 Å². The van der Waals surface area contributed by atoms with E-state index < -0.39 is 0 Å². The molecule has 244 valence electrons. The lowest BCUT2D eigenvalue weighted by atomic mass is 10.0. The highest BCUT2D eigenvalue weighted by atomic mass is 14.0. The van der Waals surface area contributed by atoms with Crippen molar-refractivity contribution >= 4 is 0 Å². The number of hydrogen-bond donors (Lipinski definition) is 0. The fourth-order valence-corrected chi connectivity index (χ4v) is 5.87. The van der Waals surface area contributed by atoms with Gasteiger partial charge in [0.2, 0.25) is 0 Å². The van der Waals surface area contributed by atoms with Crippen LogP contribution in [0.2, 0.25) is 0 Å². The van der Waals surface area contributed by atoms with Gasteiger partial charge in [-0.2, -0.15) is 0 Å². The highest BCUT2D eigenvalue weighted by Crippen LogP contribution is 2.15. The van der Waals surface area contributed by atoms with E-state index in [1.165, 1.54) is 205 Å². The first-order valence-electron chi connectivity index (χ1n) is 19.5. The second-order valence-corrected chi connectivity index (χ2v) is 13.1. The molecule has 0 aliphatic heterocycles. The smallest absolute Gasteiger partial charge is 0.00922 e. The van der Waals surface area contributed by atoms with Crippen LogP contribution in [0.4, 0.5) is 0 Å². The molecule has 0 aromatic carbocycles. The van der Waals surface area contributed by atoms with E-state index in [4.69, 9.17) is 0 Å². The van der Waals surface area contributed by atoms with Crippen LogP contribution in [-0.4, -0.2) is 0 Å². The van der Waals surface area contributed by atoms with E-state index >= 15 is 0 Å². The number of allylic oxidation sites excluding steroid dienone is 2. The predicted molar refractivity (Wildman–Crippen MR) is 193 cm³/mol. The highest BCUT2D eigenvalue weighted by Gasteiger charge is 1.96. The molecule has 0 aromatic heterocycles. The van der Waals surface area contributed by atoms with E-state index in [9.17, 15) is 0 Å². The van der Waals surface area contributed by atoms with Crippen molar-refractivity contribution in [2.24, 2.45) is 0 Å². The van der Waals surface area contributed by atoms with Crippen LogP contribution >= 0.6 is 0 Å². The van der Waals surface area contributed by atoms with Crippen LogP contribution in [0.3, 0.4) is 0 Å². The van der Waals surface area contributed by atoms with Gasteiger partial charge in [0.05, 0.1) is 0 Å². The van der Waals surface area contributed by atoms with Crippen LogP contribution in [0.1, 0.15) is 232 Å². The van der Waals surface area contributed by atoms with Crippen molar-refractivity contribution in [2.45, 2.75) is 232 Å². The van der Waals surface area contributed by atoms with Crippen LogP contribution in [0.5, 0.6) is 0 Å². The zero-order chi connectivity index (χ0) is 30.3. The predicted octanol–water partition coefficient (Wildman–Crippen LogP) is 14.9. The van der Waals surface area contributed by atoms with Crippen molar-refractivity contribution in [3.05, 3.63) is 12.2 Å². The minimum Gasteiger partial charge on any atom is -0.0985 e. The third-order valence-corrected chi connectivity index (χ3v) is 8.76. The average molecular weight is 581 g/mol. The van der Waals surface area contributed by atoms with Crippen molar-refractivity contribution in [3.63, 3.8) is 0 Å². The van der Waals surface area contributed by atoms with Crippen LogP contribution in [0.15, 0.2) is 12.2 Å².